The van der Waals surface area contributed by atoms with Crippen LogP contribution in [0.1, 0.15) is 5.56 Å². The Morgan fingerprint density at radius 3 is 2.92 bits per heavy atom. The van der Waals surface area contributed by atoms with Gasteiger partial charge in [0.25, 0.3) is 0 Å². The molecule has 0 N–H and O–H groups in total. The molecular weight excluding hydrogens is 148 g/mol. The van der Waals surface area contributed by atoms with E-state index in [-0.39, 0.29) is 0 Å². The molecule has 0 bridgehead atoms. The zero-order valence-electron chi connectivity index (χ0n) is 6.99. The standard InChI is InChI=1S/C10H10N2/c1-8-9-5-3-4-6-10(9)11-7-12(8)2/h3-7H,1H2,2H3. The van der Waals surface area contributed by atoms with Crippen LogP contribution >= 0.6 is 0 Å². The van der Waals surface area contributed by atoms with Crippen molar-refractivity contribution in [1.82, 2.24) is 4.90 Å². The van der Waals surface area contributed by atoms with E-state index in [1.807, 2.05) is 36.2 Å². The molecule has 0 aromatic heterocycles. The molecule has 0 unspecified atom stereocenters. The average molecular weight is 158 g/mol. The highest BCUT2D eigenvalue weighted by Gasteiger charge is 2.11. The Labute approximate surface area is 71.9 Å². The fraction of sp³-hybridized carbons (Fsp3) is 0.100. The zero-order valence-corrected chi connectivity index (χ0v) is 6.99. The number of benzene rings is 1. The number of nitrogens with zero attached hydrogens (tertiary/aromatic N) is 2. The van der Waals surface area contributed by atoms with Crippen LogP contribution in [0.2, 0.25) is 0 Å². The van der Waals surface area contributed by atoms with Gasteiger partial charge >= 0.3 is 0 Å². The Morgan fingerprint density at radius 1 is 1.33 bits per heavy atom. The van der Waals surface area contributed by atoms with Crippen LogP contribution in [0, 0.1) is 0 Å². The third-order valence-electron chi connectivity index (χ3n) is 2.01. The van der Waals surface area contributed by atoms with Gasteiger partial charge in [-0.25, -0.2) is 4.99 Å². The van der Waals surface area contributed by atoms with Crippen molar-refractivity contribution in [3.63, 3.8) is 0 Å². The predicted octanol–water partition coefficient (Wildman–Crippen LogP) is 2.26. The van der Waals surface area contributed by atoms with Gasteiger partial charge in [0, 0.05) is 18.3 Å². The van der Waals surface area contributed by atoms with Crippen molar-refractivity contribution < 1.29 is 0 Å². The van der Waals surface area contributed by atoms with E-state index in [9.17, 15) is 0 Å². The number of hydrogen-bond donors (Lipinski definition) is 0. The second-order valence-corrected chi connectivity index (χ2v) is 2.82. The molecule has 0 amide bonds. The van der Waals surface area contributed by atoms with Crippen molar-refractivity contribution >= 4 is 17.7 Å². The SMILES string of the molecule is C=C1c2ccccc2N=CN1C. The summed E-state index contributed by atoms with van der Waals surface area (Å²) in [5.41, 5.74) is 3.11. The summed E-state index contributed by atoms with van der Waals surface area (Å²) in [5, 5.41) is 0. The maximum absolute atomic E-state index is 4.26. The summed E-state index contributed by atoms with van der Waals surface area (Å²) in [4.78, 5) is 6.18. The third kappa shape index (κ3) is 0.925. The van der Waals surface area contributed by atoms with Gasteiger partial charge in [0.2, 0.25) is 0 Å². The molecule has 1 aromatic carbocycles. The number of rotatable bonds is 0. The number of para-hydroxylation sites is 1. The minimum absolute atomic E-state index is 1.00. The molecule has 0 fully saturated rings. The maximum atomic E-state index is 4.26. The summed E-state index contributed by atoms with van der Waals surface area (Å²) in [5.74, 6) is 0. The topological polar surface area (TPSA) is 15.6 Å². The second kappa shape index (κ2) is 2.48. The summed E-state index contributed by atoms with van der Waals surface area (Å²) in [7, 11) is 1.95. The highest BCUT2D eigenvalue weighted by molar-refractivity contribution is 5.85. The first kappa shape index (κ1) is 7.10. The fourth-order valence-electron chi connectivity index (χ4n) is 1.24. The van der Waals surface area contributed by atoms with Gasteiger partial charge in [0.1, 0.15) is 0 Å². The summed E-state index contributed by atoms with van der Waals surface area (Å²) in [6.07, 6.45) is 1.78. The Balaban J connectivity index is 2.59. The van der Waals surface area contributed by atoms with Crippen LogP contribution in [0.25, 0.3) is 5.70 Å². The lowest BCUT2D eigenvalue weighted by molar-refractivity contribution is 0.736. The summed E-state index contributed by atoms with van der Waals surface area (Å²) in [6.45, 7) is 3.97. The van der Waals surface area contributed by atoms with Gasteiger partial charge in [0.05, 0.1) is 12.0 Å². The van der Waals surface area contributed by atoms with E-state index in [0.717, 1.165) is 16.9 Å². The number of aliphatic imine (C=N–C) groups is 1. The van der Waals surface area contributed by atoms with E-state index in [1.54, 1.807) is 6.34 Å². The molecule has 2 rings (SSSR count). The number of fused-ring (bicyclic) bond motifs is 1. The van der Waals surface area contributed by atoms with Crippen molar-refractivity contribution in [2.45, 2.75) is 0 Å². The van der Waals surface area contributed by atoms with E-state index in [1.165, 1.54) is 0 Å². The first-order chi connectivity index (χ1) is 5.79. The van der Waals surface area contributed by atoms with Crippen molar-refractivity contribution in [2.24, 2.45) is 4.99 Å². The monoisotopic (exact) mass is 158 g/mol. The van der Waals surface area contributed by atoms with Crippen LogP contribution < -0.4 is 0 Å². The molecule has 1 aromatic rings. The smallest absolute Gasteiger partial charge is 0.0954 e. The molecule has 2 nitrogen and oxygen atoms in total. The first-order valence-corrected chi connectivity index (χ1v) is 3.84. The Hall–Kier alpha value is -1.57. The zero-order chi connectivity index (χ0) is 8.55. The van der Waals surface area contributed by atoms with Gasteiger partial charge in [-0.2, -0.15) is 0 Å². The Kier molecular flexibility index (Phi) is 1.47. The molecule has 0 radical (unpaired) electrons. The van der Waals surface area contributed by atoms with Crippen LogP contribution in [0.3, 0.4) is 0 Å². The molecule has 1 aliphatic heterocycles. The largest absolute Gasteiger partial charge is 0.335 e. The van der Waals surface area contributed by atoms with Crippen LogP contribution in [-0.4, -0.2) is 18.3 Å². The minimum atomic E-state index is 1.00. The normalized spacial score (nSPS) is 14.8. The van der Waals surface area contributed by atoms with Gasteiger partial charge in [-0.1, -0.05) is 24.8 Å². The van der Waals surface area contributed by atoms with E-state index in [2.05, 4.69) is 11.6 Å². The first-order valence-electron chi connectivity index (χ1n) is 3.84. The fourth-order valence-corrected chi connectivity index (χ4v) is 1.24. The van der Waals surface area contributed by atoms with Crippen molar-refractivity contribution in [2.75, 3.05) is 7.05 Å². The van der Waals surface area contributed by atoms with E-state index in [0.29, 0.717) is 0 Å². The molecule has 0 spiro atoms. The van der Waals surface area contributed by atoms with Gasteiger partial charge < -0.3 is 4.90 Å². The van der Waals surface area contributed by atoms with Gasteiger partial charge in [-0.15, -0.1) is 0 Å². The minimum Gasteiger partial charge on any atom is -0.335 e. The summed E-state index contributed by atoms with van der Waals surface area (Å²) < 4.78 is 0. The summed E-state index contributed by atoms with van der Waals surface area (Å²) >= 11 is 0. The quantitative estimate of drug-likeness (QED) is 0.565. The Morgan fingerprint density at radius 2 is 2.08 bits per heavy atom. The van der Waals surface area contributed by atoms with E-state index < -0.39 is 0 Å². The molecular formula is C10H10N2. The molecule has 0 saturated carbocycles. The predicted molar refractivity (Wildman–Crippen MR) is 51.4 cm³/mol. The molecule has 0 aliphatic carbocycles. The van der Waals surface area contributed by atoms with Crippen molar-refractivity contribution in [3.8, 4) is 0 Å². The molecule has 0 saturated heterocycles. The van der Waals surface area contributed by atoms with Crippen LogP contribution in [-0.2, 0) is 0 Å². The third-order valence-corrected chi connectivity index (χ3v) is 2.01. The van der Waals surface area contributed by atoms with Gasteiger partial charge in [-0.05, 0) is 6.07 Å². The molecule has 60 valence electrons. The molecule has 1 heterocycles. The Bertz CT molecular complexity index is 353. The lowest BCUT2D eigenvalue weighted by atomic mass is 10.1. The molecule has 12 heavy (non-hydrogen) atoms. The van der Waals surface area contributed by atoms with Crippen LogP contribution in [0.4, 0.5) is 5.69 Å². The highest BCUT2D eigenvalue weighted by atomic mass is 15.1. The van der Waals surface area contributed by atoms with Gasteiger partial charge in [0.15, 0.2) is 0 Å². The molecule has 0 atom stereocenters. The molecule has 1 aliphatic rings. The lowest BCUT2D eigenvalue weighted by Gasteiger charge is -2.21. The van der Waals surface area contributed by atoms with Gasteiger partial charge in [-0.3, -0.25) is 0 Å². The van der Waals surface area contributed by atoms with Crippen LogP contribution in [0.15, 0.2) is 35.8 Å². The highest BCUT2D eigenvalue weighted by Crippen LogP contribution is 2.29. The lowest BCUT2D eigenvalue weighted by Crippen LogP contribution is -2.16. The van der Waals surface area contributed by atoms with Crippen molar-refractivity contribution in [3.05, 3.63) is 36.4 Å². The number of hydrogen-bond acceptors (Lipinski definition) is 2. The second-order valence-electron chi connectivity index (χ2n) is 2.82. The molecule has 2 heteroatoms. The van der Waals surface area contributed by atoms with E-state index in [4.69, 9.17) is 0 Å². The maximum Gasteiger partial charge on any atom is 0.0954 e. The summed E-state index contributed by atoms with van der Waals surface area (Å²) in [6, 6.07) is 8.00. The van der Waals surface area contributed by atoms with Crippen LogP contribution in [0.5, 0.6) is 0 Å². The van der Waals surface area contributed by atoms with E-state index >= 15 is 0 Å². The van der Waals surface area contributed by atoms with Crippen molar-refractivity contribution in [1.29, 1.82) is 0 Å². The average Bonchev–Trinajstić information content (AvgIpc) is 2.12.